The molecular weight excluding hydrogens is 210 g/mol. The Balaban J connectivity index is 2.86. The van der Waals surface area contributed by atoms with Crippen LogP contribution in [-0.4, -0.2) is 17.8 Å². The van der Waals surface area contributed by atoms with Crippen molar-refractivity contribution in [1.29, 1.82) is 0 Å². The van der Waals surface area contributed by atoms with Crippen LogP contribution in [0.3, 0.4) is 0 Å². The van der Waals surface area contributed by atoms with Crippen molar-refractivity contribution in [2.75, 3.05) is 6.54 Å². The second-order valence-electron chi connectivity index (χ2n) is 4.82. The molecule has 96 valence electrons. The van der Waals surface area contributed by atoms with Gasteiger partial charge in [0, 0.05) is 12.5 Å². The average Bonchev–Trinajstić information content (AvgIpc) is 2.34. The largest absolute Gasteiger partial charge is 0.392 e. The van der Waals surface area contributed by atoms with Gasteiger partial charge < -0.3 is 10.8 Å². The molecule has 0 aliphatic carbocycles. The SMILES string of the molecule is CCC(CC)C(O)C(CN)c1ccc(C)cc1. The highest BCUT2D eigenvalue weighted by molar-refractivity contribution is 5.25. The maximum absolute atomic E-state index is 10.4. The Hall–Kier alpha value is -0.860. The van der Waals surface area contributed by atoms with Gasteiger partial charge in [0.25, 0.3) is 0 Å². The summed E-state index contributed by atoms with van der Waals surface area (Å²) >= 11 is 0. The standard InChI is InChI=1S/C15H25NO/c1-4-12(5-2)15(17)14(10-16)13-8-6-11(3)7-9-13/h6-9,12,14-15,17H,4-5,10,16H2,1-3H3. The molecule has 2 atom stereocenters. The number of aryl methyl sites for hydroxylation is 1. The summed E-state index contributed by atoms with van der Waals surface area (Å²) in [5, 5.41) is 10.4. The topological polar surface area (TPSA) is 46.2 Å². The molecule has 0 spiro atoms. The number of nitrogens with two attached hydrogens (primary N) is 1. The molecule has 2 heteroatoms. The molecule has 1 aromatic carbocycles. The predicted molar refractivity (Wildman–Crippen MR) is 73.1 cm³/mol. The van der Waals surface area contributed by atoms with Crippen molar-refractivity contribution in [2.45, 2.75) is 45.6 Å². The highest BCUT2D eigenvalue weighted by atomic mass is 16.3. The molecule has 0 radical (unpaired) electrons. The van der Waals surface area contributed by atoms with Crippen molar-refractivity contribution in [2.24, 2.45) is 11.7 Å². The van der Waals surface area contributed by atoms with Crippen molar-refractivity contribution in [3.63, 3.8) is 0 Å². The first kappa shape index (κ1) is 14.2. The van der Waals surface area contributed by atoms with E-state index in [9.17, 15) is 5.11 Å². The Kier molecular flexibility index (Phi) is 5.66. The summed E-state index contributed by atoms with van der Waals surface area (Å²) < 4.78 is 0. The molecule has 0 aliphatic rings. The molecule has 0 amide bonds. The van der Waals surface area contributed by atoms with Gasteiger partial charge >= 0.3 is 0 Å². The minimum atomic E-state index is -0.335. The van der Waals surface area contributed by atoms with Crippen molar-refractivity contribution < 1.29 is 5.11 Å². The van der Waals surface area contributed by atoms with Gasteiger partial charge in [-0.05, 0) is 18.4 Å². The number of rotatable bonds is 6. The van der Waals surface area contributed by atoms with E-state index >= 15 is 0 Å². The zero-order valence-electron chi connectivity index (χ0n) is 11.2. The van der Waals surface area contributed by atoms with E-state index in [0.29, 0.717) is 12.5 Å². The number of benzene rings is 1. The Bertz CT molecular complexity index is 316. The van der Waals surface area contributed by atoms with Gasteiger partial charge in [0.2, 0.25) is 0 Å². The number of aliphatic hydroxyl groups is 1. The minimum Gasteiger partial charge on any atom is -0.392 e. The quantitative estimate of drug-likeness (QED) is 0.796. The maximum Gasteiger partial charge on any atom is 0.0648 e. The Morgan fingerprint density at radius 2 is 1.65 bits per heavy atom. The third-order valence-corrected chi connectivity index (χ3v) is 3.70. The van der Waals surface area contributed by atoms with Gasteiger partial charge in [0.05, 0.1) is 6.10 Å². The van der Waals surface area contributed by atoms with E-state index in [2.05, 4.69) is 45.0 Å². The molecule has 0 aromatic heterocycles. The van der Waals surface area contributed by atoms with Crippen LogP contribution < -0.4 is 5.73 Å². The summed E-state index contributed by atoms with van der Waals surface area (Å²) in [5.74, 6) is 0.394. The molecule has 0 saturated heterocycles. The number of aliphatic hydroxyl groups excluding tert-OH is 1. The number of hydrogen-bond acceptors (Lipinski definition) is 2. The molecule has 0 fully saturated rings. The molecule has 0 saturated carbocycles. The fourth-order valence-electron chi connectivity index (χ4n) is 2.39. The van der Waals surface area contributed by atoms with Crippen LogP contribution in [0.25, 0.3) is 0 Å². The van der Waals surface area contributed by atoms with Crippen LogP contribution in [0.2, 0.25) is 0 Å². The lowest BCUT2D eigenvalue weighted by Crippen LogP contribution is -2.32. The Morgan fingerprint density at radius 1 is 1.12 bits per heavy atom. The van der Waals surface area contributed by atoms with Crippen molar-refractivity contribution in [1.82, 2.24) is 0 Å². The van der Waals surface area contributed by atoms with Gasteiger partial charge in [-0.3, -0.25) is 0 Å². The number of hydrogen-bond donors (Lipinski definition) is 2. The zero-order chi connectivity index (χ0) is 12.8. The van der Waals surface area contributed by atoms with Gasteiger partial charge in [-0.15, -0.1) is 0 Å². The summed E-state index contributed by atoms with van der Waals surface area (Å²) in [6, 6.07) is 8.33. The highest BCUT2D eigenvalue weighted by Gasteiger charge is 2.25. The monoisotopic (exact) mass is 235 g/mol. The van der Waals surface area contributed by atoms with Crippen molar-refractivity contribution in [3.05, 3.63) is 35.4 Å². The molecule has 0 aliphatic heterocycles. The van der Waals surface area contributed by atoms with Crippen LogP contribution in [0.4, 0.5) is 0 Å². The van der Waals surface area contributed by atoms with E-state index in [0.717, 1.165) is 18.4 Å². The summed E-state index contributed by atoms with van der Waals surface area (Å²) in [6.07, 6.45) is 1.66. The van der Waals surface area contributed by atoms with Gasteiger partial charge in [0.15, 0.2) is 0 Å². The van der Waals surface area contributed by atoms with Gasteiger partial charge in [0.1, 0.15) is 0 Å². The van der Waals surface area contributed by atoms with E-state index in [1.54, 1.807) is 0 Å². The van der Waals surface area contributed by atoms with Crippen LogP contribution in [0.15, 0.2) is 24.3 Å². The zero-order valence-corrected chi connectivity index (χ0v) is 11.2. The Labute approximate surface area is 105 Å². The lowest BCUT2D eigenvalue weighted by molar-refractivity contribution is 0.0779. The Morgan fingerprint density at radius 3 is 2.06 bits per heavy atom. The van der Waals surface area contributed by atoms with Crippen LogP contribution in [0, 0.1) is 12.8 Å². The molecule has 0 bridgehead atoms. The van der Waals surface area contributed by atoms with Crippen LogP contribution in [0.1, 0.15) is 43.7 Å². The average molecular weight is 235 g/mol. The van der Waals surface area contributed by atoms with Crippen LogP contribution in [-0.2, 0) is 0 Å². The summed E-state index contributed by atoms with van der Waals surface area (Å²) in [7, 11) is 0. The molecule has 3 N–H and O–H groups in total. The minimum absolute atomic E-state index is 0.0560. The van der Waals surface area contributed by atoms with Crippen LogP contribution in [0.5, 0.6) is 0 Å². The molecular formula is C15H25NO. The third kappa shape index (κ3) is 3.55. The van der Waals surface area contributed by atoms with Gasteiger partial charge in [-0.1, -0.05) is 56.5 Å². The highest BCUT2D eigenvalue weighted by Crippen LogP contribution is 2.27. The van der Waals surface area contributed by atoms with Gasteiger partial charge in [-0.25, -0.2) is 0 Å². The lowest BCUT2D eigenvalue weighted by Gasteiger charge is -2.28. The van der Waals surface area contributed by atoms with E-state index in [-0.39, 0.29) is 12.0 Å². The van der Waals surface area contributed by atoms with Crippen LogP contribution >= 0.6 is 0 Å². The maximum atomic E-state index is 10.4. The first-order valence-electron chi connectivity index (χ1n) is 6.58. The predicted octanol–water partition coefficient (Wildman–Crippen LogP) is 2.83. The molecule has 17 heavy (non-hydrogen) atoms. The molecule has 1 aromatic rings. The van der Waals surface area contributed by atoms with Crippen molar-refractivity contribution in [3.8, 4) is 0 Å². The van der Waals surface area contributed by atoms with Crippen molar-refractivity contribution >= 4 is 0 Å². The fraction of sp³-hybridized carbons (Fsp3) is 0.600. The summed E-state index contributed by atoms with van der Waals surface area (Å²) in [4.78, 5) is 0. The second-order valence-corrected chi connectivity index (χ2v) is 4.82. The molecule has 1 rings (SSSR count). The van der Waals surface area contributed by atoms with E-state index in [4.69, 9.17) is 5.73 Å². The lowest BCUT2D eigenvalue weighted by atomic mass is 9.83. The first-order chi connectivity index (χ1) is 8.13. The summed E-state index contributed by atoms with van der Waals surface area (Å²) in [6.45, 7) is 6.82. The third-order valence-electron chi connectivity index (χ3n) is 3.70. The fourth-order valence-corrected chi connectivity index (χ4v) is 2.39. The normalized spacial score (nSPS) is 14.9. The van der Waals surface area contributed by atoms with E-state index < -0.39 is 0 Å². The molecule has 2 nitrogen and oxygen atoms in total. The summed E-state index contributed by atoms with van der Waals surface area (Å²) in [5.41, 5.74) is 8.22. The molecule has 0 heterocycles. The van der Waals surface area contributed by atoms with E-state index in [1.807, 2.05) is 0 Å². The first-order valence-corrected chi connectivity index (χ1v) is 6.58. The van der Waals surface area contributed by atoms with Gasteiger partial charge in [-0.2, -0.15) is 0 Å². The smallest absolute Gasteiger partial charge is 0.0648 e. The second kappa shape index (κ2) is 6.77. The molecule has 2 unspecified atom stereocenters. The van der Waals surface area contributed by atoms with E-state index in [1.165, 1.54) is 5.56 Å².